The molecule has 0 aromatic carbocycles. The smallest absolute Gasteiger partial charge is 0.361 e. The number of esters is 1. The molecule has 2 aromatic rings. The minimum absolute atomic E-state index is 0.219. The van der Waals surface area contributed by atoms with Crippen LogP contribution in [0.5, 0.6) is 0 Å². The second-order valence-corrected chi connectivity index (χ2v) is 5.54. The van der Waals surface area contributed by atoms with Crippen molar-refractivity contribution in [2.24, 2.45) is 0 Å². The predicted octanol–water partition coefficient (Wildman–Crippen LogP) is 2.27. The third-order valence-corrected chi connectivity index (χ3v) is 3.64. The Labute approximate surface area is 127 Å². The normalized spacial score (nSPS) is 10.6. The summed E-state index contributed by atoms with van der Waals surface area (Å²) in [7, 11) is 0. The van der Waals surface area contributed by atoms with Gasteiger partial charge < -0.3 is 4.74 Å². The molecule has 0 radical (unpaired) electrons. The molecule has 0 fully saturated rings. The second-order valence-electron chi connectivity index (χ2n) is 4.14. The standard InChI is InChI=1S/C14H18N4O2S/c1-3-20-14(19)12-13(11-7-5-6-8-15-11)18(17-16-12)9-10-21-4-2/h5-8H,3-4,9-10H2,1-2H3. The van der Waals surface area contributed by atoms with E-state index in [2.05, 4.69) is 22.2 Å². The molecular weight excluding hydrogens is 288 g/mol. The first-order valence-corrected chi connectivity index (χ1v) is 8.03. The molecule has 0 spiro atoms. The minimum atomic E-state index is -0.465. The zero-order valence-electron chi connectivity index (χ0n) is 12.2. The molecule has 2 rings (SSSR count). The van der Waals surface area contributed by atoms with Crippen molar-refractivity contribution in [3.8, 4) is 11.4 Å². The minimum Gasteiger partial charge on any atom is -0.461 e. The average Bonchev–Trinajstić information content (AvgIpc) is 2.93. The fraction of sp³-hybridized carbons (Fsp3) is 0.429. The number of carbonyl (C=O) groups is 1. The molecule has 0 N–H and O–H groups in total. The monoisotopic (exact) mass is 306 g/mol. The Morgan fingerprint density at radius 2 is 2.24 bits per heavy atom. The Bertz CT molecular complexity index is 586. The average molecular weight is 306 g/mol. The summed E-state index contributed by atoms with van der Waals surface area (Å²) >= 11 is 1.81. The number of ether oxygens (including phenoxy) is 1. The van der Waals surface area contributed by atoms with Crippen LogP contribution in [0, 0.1) is 0 Å². The number of thioether (sulfide) groups is 1. The Hall–Kier alpha value is -1.89. The van der Waals surface area contributed by atoms with Crippen LogP contribution in [0.2, 0.25) is 0 Å². The van der Waals surface area contributed by atoms with E-state index in [-0.39, 0.29) is 5.69 Å². The topological polar surface area (TPSA) is 69.9 Å². The quantitative estimate of drug-likeness (QED) is 0.577. The first-order chi connectivity index (χ1) is 10.3. The van der Waals surface area contributed by atoms with Crippen LogP contribution in [0.3, 0.4) is 0 Å². The lowest BCUT2D eigenvalue weighted by Gasteiger charge is -2.07. The Morgan fingerprint density at radius 3 is 2.90 bits per heavy atom. The van der Waals surface area contributed by atoms with E-state index >= 15 is 0 Å². The molecule has 0 aliphatic heterocycles. The fourth-order valence-electron chi connectivity index (χ4n) is 1.86. The van der Waals surface area contributed by atoms with Crippen molar-refractivity contribution in [2.75, 3.05) is 18.1 Å². The lowest BCUT2D eigenvalue weighted by Crippen LogP contribution is -2.10. The summed E-state index contributed by atoms with van der Waals surface area (Å²) in [6.07, 6.45) is 1.68. The number of rotatable bonds is 7. The molecule has 0 saturated carbocycles. The zero-order chi connectivity index (χ0) is 15.1. The summed E-state index contributed by atoms with van der Waals surface area (Å²) in [5.74, 6) is 1.48. The molecule has 7 heteroatoms. The van der Waals surface area contributed by atoms with E-state index in [1.54, 1.807) is 17.8 Å². The van der Waals surface area contributed by atoms with Gasteiger partial charge in [0.15, 0.2) is 5.69 Å². The maximum Gasteiger partial charge on any atom is 0.361 e. The van der Waals surface area contributed by atoms with E-state index in [9.17, 15) is 4.79 Å². The molecule has 0 unspecified atom stereocenters. The van der Waals surface area contributed by atoms with Crippen LogP contribution in [-0.2, 0) is 11.3 Å². The number of nitrogens with zero attached hydrogens (tertiary/aromatic N) is 4. The van der Waals surface area contributed by atoms with Crippen LogP contribution < -0.4 is 0 Å². The highest BCUT2D eigenvalue weighted by Crippen LogP contribution is 2.21. The Kier molecular flexibility index (Phi) is 5.74. The Morgan fingerprint density at radius 1 is 1.38 bits per heavy atom. The van der Waals surface area contributed by atoms with Crippen LogP contribution in [-0.4, -0.2) is 44.1 Å². The number of carbonyl (C=O) groups excluding carboxylic acids is 1. The van der Waals surface area contributed by atoms with Crippen molar-refractivity contribution in [1.29, 1.82) is 0 Å². The molecule has 0 aliphatic rings. The van der Waals surface area contributed by atoms with Gasteiger partial charge in [-0.15, -0.1) is 5.10 Å². The van der Waals surface area contributed by atoms with E-state index in [1.165, 1.54) is 0 Å². The third-order valence-electron chi connectivity index (χ3n) is 2.76. The number of hydrogen-bond donors (Lipinski definition) is 0. The van der Waals surface area contributed by atoms with Crippen LogP contribution in [0.25, 0.3) is 11.4 Å². The zero-order valence-corrected chi connectivity index (χ0v) is 13.0. The maximum atomic E-state index is 12.0. The fourth-order valence-corrected chi connectivity index (χ4v) is 2.45. The molecule has 2 heterocycles. The van der Waals surface area contributed by atoms with Crippen molar-refractivity contribution in [2.45, 2.75) is 20.4 Å². The van der Waals surface area contributed by atoms with Gasteiger partial charge in [0.05, 0.1) is 18.8 Å². The van der Waals surface area contributed by atoms with Crippen LogP contribution in [0.4, 0.5) is 0 Å². The molecule has 2 aromatic heterocycles. The highest BCUT2D eigenvalue weighted by molar-refractivity contribution is 7.99. The molecule has 0 saturated heterocycles. The highest BCUT2D eigenvalue weighted by atomic mass is 32.2. The largest absolute Gasteiger partial charge is 0.461 e. The van der Waals surface area contributed by atoms with Crippen molar-refractivity contribution in [1.82, 2.24) is 20.0 Å². The SMILES string of the molecule is CCOC(=O)c1nnn(CCSCC)c1-c1ccccn1. The van der Waals surface area contributed by atoms with E-state index in [4.69, 9.17) is 4.74 Å². The summed E-state index contributed by atoms with van der Waals surface area (Å²) in [6, 6.07) is 5.54. The van der Waals surface area contributed by atoms with Crippen LogP contribution in [0.15, 0.2) is 24.4 Å². The lowest BCUT2D eigenvalue weighted by molar-refractivity contribution is 0.0520. The third kappa shape index (κ3) is 3.81. The number of pyridine rings is 1. The molecule has 21 heavy (non-hydrogen) atoms. The number of aryl methyl sites for hydroxylation is 1. The summed E-state index contributed by atoms with van der Waals surface area (Å²) in [6.45, 7) is 4.85. The number of aromatic nitrogens is 4. The second kappa shape index (κ2) is 7.78. The van der Waals surface area contributed by atoms with Gasteiger partial charge in [0.2, 0.25) is 0 Å². The van der Waals surface area contributed by atoms with E-state index in [0.717, 1.165) is 11.5 Å². The van der Waals surface area contributed by atoms with Crippen molar-refractivity contribution in [3.63, 3.8) is 0 Å². The van der Waals surface area contributed by atoms with E-state index in [0.29, 0.717) is 24.5 Å². The summed E-state index contributed by atoms with van der Waals surface area (Å²) < 4.78 is 6.76. The van der Waals surface area contributed by atoms with Crippen LogP contribution >= 0.6 is 11.8 Å². The highest BCUT2D eigenvalue weighted by Gasteiger charge is 2.22. The lowest BCUT2D eigenvalue weighted by atomic mass is 10.2. The van der Waals surface area contributed by atoms with Gasteiger partial charge in [0.1, 0.15) is 5.69 Å². The van der Waals surface area contributed by atoms with Gasteiger partial charge in [0, 0.05) is 11.9 Å². The molecule has 0 aliphatic carbocycles. The summed E-state index contributed by atoms with van der Waals surface area (Å²) in [5, 5.41) is 8.06. The van der Waals surface area contributed by atoms with Gasteiger partial charge >= 0.3 is 5.97 Å². The summed E-state index contributed by atoms with van der Waals surface area (Å²) in [5.41, 5.74) is 1.51. The molecule has 112 valence electrons. The van der Waals surface area contributed by atoms with Gasteiger partial charge in [-0.3, -0.25) is 4.98 Å². The molecular formula is C14H18N4O2S. The first kappa shape index (κ1) is 15.5. The maximum absolute atomic E-state index is 12.0. The van der Waals surface area contributed by atoms with Crippen molar-refractivity contribution in [3.05, 3.63) is 30.1 Å². The molecule has 0 bridgehead atoms. The van der Waals surface area contributed by atoms with Gasteiger partial charge in [-0.25, -0.2) is 9.48 Å². The molecule has 6 nitrogen and oxygen atoms in total. The van der Waals surface area contributed by atoms with Gasteiger partial charge in [-0.1, -0.05) is 18.2 Å². The van der Waals surface area contributed by atoms with Crippen molar-refractivity contribution >= 4 is 17.7 Å². The predicted molar refractivity (Wildman–Crippen MR) is 82.2 cm³/mol. The number of hydrogen-bond acceptors (Lipinski definition) is 6. The van der Waals surface area contributed by atoms with Gasteiger partial charge in [0.25, 0.3) is 0 Å². The van der Waals surface area contributed by atoms with Crippen LogP contribution in [0.1, 0.15) is 24.3 Å². The van der Waals surface area contributed by atoms with Gasteiger partial charge in [-0.2, -0.15) is 11.8 Å². The van der Waals surface area contributed by atoms with E-state index < -0.39 is 5.97 Å². The van der Waals surface area contributed by atoms with Gasteiger partial charge in [-0.05, 0) is 24.8 Å². The molecule has 0 atom stereocenters. The summed E-state index contributed by atoms with van der Waals surface area (Å²) in [4.78, 5) is 16.3. The Balaban J connectivity index is 2.35. The molecule has 0 amide bonds. The first-order valence-electron chi connectivity index (χ1n) is 6.87. The van der Waals surface area contributed by atoms with Crippen molar-refractivity contribution < 1.29 is 9.53 Å². The van der Waals surface area contributed by atoms with E-state index in [1.807, 2.05) is 30.0 Å².